The van der Waals surface area contributed by atoms with Gasteiger partial charge in [-0.1, -0.05) is 54.6 Å². The Morgan fingerprint density at radius 3 is 2.15 bits per heavy atom. The predicted molar refractivity (Wildman–Crippen MR) is 130 cm³/mol. The van der Waals surface area contributed by atoms with Gasteiger partial charge in [-0.2, -0.15) is 0 Å². The number of para-hydroxylation sites is 1. The summed E-state index contributed by atoms with van der Waals surface area (Å²) >= 11 is 3.28. The van der Waals surface area contributed by atoms with E-state index >= 15 is 0 Å². The van der Waals surface area contributed by atoms with Crippen molar-refractivity contribution in [1.29, 1.82) is 0 Å². The fourth-order valence-corrected chi connectivity index (χ4v) is 4.89. The highest BCUT2D eigenvalue weighted by Crippen LogP contribution is 2.44. The number of amides is 2. The van der Waals surface area contributed by atoms with E-state index in [4.69, 9.17) is 4.74 Å². The fraction of sp³-hybridized carbons (Fsp3) is 0.192. The minimum Gasteiger partial charge on any atom is -0.478 e. The number of anilines is 1. The molecule has 7 nitrogen and oxygen atoms in total. The van der Waals surface area contributed by atoms with Gasteiger partial charge in [-0.15, -0.1) is 0 Å². The Bertz CT molecular complexity index is 1270. The monoisotopic (exact) mass is 520 g/mol. The Kier molecular flexibility index (Phi) is 5.61. The summed E-state index contributed by atoms with van der Waals surface area (Å²) in [6.45, 7) is 0.144. The van der Waals surface area contributed by atoms with Crippen LogP contribution >= 0.6 is 15.9 Å². The topological polar surface area (TPSA) is 105 Å². The fourth-order valence-electron chi connectivity index (χ4n) is 4.43. The van der Waals surface area contributed by atoms with Crippen molar-refractivity contribution in [1.82, 2.24) is 5.32 Å². The van der Waals surface area contributed by atoms with Gasteiger partial charge in [0.05, 0.1) is 11.3 Å². The van der Waals surface area contributed by atoms with Gasteiger partial charge in [0.15, 0.2) is 0 Å². The molecule has 8 heteroatoms. The van der Waals surface area contributed by atoms with Crippen LogP contribution in [-0.4, -0.2) is 35.2 Å². The summed E-state index contributed by atoms with van der Waals surface area (Å²) in [5.41, 5.74) is 3.46. The number of ether oxygens (including phenoxy) is 1. The van der Waals surface area contributed by atoms with Gasteiger partial charge >= 0.3 is 12.1 Å². The Hall–Kier alpha value is -3.65. The molecule has 34 heavy (non-hydrogen) atoms. The Morgan fingerprint density at radius 2 is 1.56 bits per heavy atom. The summed E-state index contributed by atoms with van der Waals surface area (Å²) < 4.78 is 6.01. The van der Waals surface area contributed by atoms with E-state index in [2.05, 4.69) is 38.7 Å². The Balaban J connectivity index is 1.26. The van der Waals surface area contributed by atoms with Crippen LogP contribution in [-0.2, 0) is 9.53 Å². The first-order chi connectivity index (χ1) is 16.4. The third-order valence-electron chi connectivity index (χ3n) is 6.35. The van der Waals surface area contributed by atoms with E-state index in [0.717, 1.165) is 22.3 Å². The van der Waals surface area contributed by atoms with Crippen molar-refractivity contribution in [2.45, 2.75) is 24.3 Å². The van der Waals surface area contributed by atoms with Gasteiger partial charge in [-0.3, -0.25) is 4.79 Å². The highest BCUT2D eigenvalue weighted by molar-refractivity contribution is 9.10. The molecule has 0 radical (unpaired) electrons. The number of aromatic carboxylic acids is 1. The molecule has 1 fully saturated rings. The molecule has 0 spiro atoms. The lowest BCUT2D eigenvalue weighted by Gasteiger charge is -2.20. The number of carboxylic acid groups (broad SMARTS) is 1. The first-order valence-electron chi connectivity index (χ1n) is 10.9. The number of rotatable bonds is 6. The number of carbonyl (C=O) groups is 3. The molecular formula is C26H21BrN2O5. The zero-order chi connectivity index (χ0) is 23.9. The number of carbonyl (C=O) groups excluding carboxylic acids is 2. The van der Waals surface area contributed by atoms with E-state index in [9.17, 15) is 19.5 Å². The molecular weight excluding hydrogens is 500 g/mol. The maximum Gasteiger partial charge on any atom is 0.408 e. The summed E-state index contributed by atoms with van der Waals surface area (Å²) in [6.07, 6.45) is 0.200. The summed E-state index contributed by atoms with van der Waals surface area (Å²) in [6, 6.07) is 20.7. The van der Waals surface area contributed by atoms with Crippen LogP contribution in [0.5, 0.6) is 0 Å². The van der Waals surface area contributed by atoms with Crippen molar-refractivity contribution in [3.63, 3.8) is 0 Å². The smallest absolute Gasteiger partial charge is 0.408 e. The maximum atomic E-state index is 13.0. The molecule has 2 aliphatic rings. The zero-order valence-electron chi connectivity index (χ0n) is 18.0. The number of carboxylic acids is 1. The maximum absolute atomic E-state index is 13.0. The summed E-state index contributed by atoms with van der Waals surface area (Å²) in [5, 5.41) is 14.8. The summed E-state index contributed by atoms with van der Waals surface area (Å²) in [5.74, 6) is -1.72. The van der Waals surface area contributed by atoms with Crippen molar-refractivity contribution in [3.8, 4) is 11.1 Å². The van der Waals surface area contributed by atoms with Crippen molar-refractivity contribution < 1.29 is 24.2 Å². The summed E-state index contributed by atoms with van der Waals surface area (Å²) in [7, 11) is 0. The number of benzene rings is 3. The quantitative estimate of drug-likeness (QED) is 0.416. The molecule has 0 unspecified atom stereocenters. The van der Waals surface area contributed by atoms with Gasteiger partial charge in [0, 0.05) is 10.4 Å². The lowest BCUT2D eigenvalue weighted by atomic mass is 9.98. The molecule has 2 amide bonds. The lowest BCUT2D eigenvalue weighted by Crippen LogP contribution is -2.46. The SMILES string of the molecule is O=C(NC1(C(=O)Nc2c(Br)cccc2C(=O)O)CC1)OCC1c2ccccc2-c2ccccc21. The first kappa shape index (κ1) is 22.2. The third kappa shape index (κ3) is 3.94. The van der Waals surface area contributed by atoms with Crippen molar-refractivity contribution in [2.75, 3.05) is 11.9 Å². The van der Waals surface area contributed by atoms with Crippen LogP contribution < -0.4 is 10.6 Å². The second-order valence-electron chi connectivity index (χ2n) is 8.45. The average Bonchev–Trinajstić information content (AvgIpc) is 3.54. The largest absolute Gasteiger partial charge is 0.478 e. The van der Waals surface area contributed by atoms with Gasteiger partial charge in [0.1, 0.15) is 12.1 Å². The van der Waals surface area contributed by atoms with Crippen LogP contribution in [0.3, 0.4) is 0 Å². The minimum absolute atomic E-state index is 0.0420. The molecule has 0 aliphatic heterocycles. The molecule has 3 aromatic rings. The van der Waals surface area contributed by atoms with E-state index < -0.39 is 23.5 Å². The van der Waals surface area contributed by atoms with Crippen LogP contribution in [0.2, 0.25) is 0 Å². The number of halogens is 1. The minimum atomic E-state index is -1.16. The van der Waals surface area contributed by atoms with Gasteiger partial charge in [-0.25, -0.2) is 9.59 Å². The third-order valence-corrected chi connectivity index (χ3v) is 7.01. The molecule has 0 saturated heterocycles. The highest BCUT2D eigenvalue weighted by Gasteiger charge is 2.52. The molecule has 0 heterocycles. The molecule has 3 N–H and O–H groups in total. The van der Waals surface area contributed by atoms with E-state index in [1.165, 1.54) is 6.07 Å². The van der Waals surface area contributed by atoms with Gasteiger partial charge in [-0.05, 0) is 63.2 Å². The van der Waals surface area contributed by atoms with Crippen molar-refractivity contribution >= 4 is 39.6 Å². The second kappa shape index (κ2) is 8.61. The van der Waals surface area contributed by atoms with Crippen molar-refractivity contribution in [2.24, 2.45) is 0 Å². The van der Waals surface area contributed by atoms with Gasteiger partial charge in [0.2, 0.25) is 5.91 Å². The van der Waals surface area contributed by atoms with E-state index in [-0.39, 0.29) is 23.8 Å². The average molecular weight is 521 g/mol. The number of nitrogens with one attached hydrogen (secondary N) is 2. The standard InChI is InChI=1S/C26H21BrN2O5/c27-21-11-5-10-19(23(30)31)22(21)28-24(32)26(12-13-26)29-25(33)34-14-20-17-8-3-1-6-15(17)16-7-2-4-9-18(16)20/h1-11,20H,12-14H2,(H,28,32)(H,29,33)(H,30,31). The number of hydrogen-bond acceptors (Lipinski definition) is 4. The molecule has 2 aliphatic carbocycles. The zero-order valence-corrected chi connectivity index (χ0v) is 19.6. The molecule has 0 bridgehead atoms. The van der Waals surface area contributed by atoms with Crippen LogP contribution in [0.1, 0.15) is 40.2 Å². The molecule has 172 valence electrons. The molecule has 5 rings (SSSR count). The predicted octanol–water partition coefficient (Wildman–Crippen LogP) is 5.16. The van der Waals surface area contributed by atoms with Crippen LogP contribution in [0.4, 0.5) is 10.5 Å². The van der Waals surface area contributed by atoms with Gasteiger partial charge < -0.3 is 20.5 Å². The Labute approximate surface area is 204 Å². The summed E-state index contributed by atoms with van der Waals surface area (Å²) in [4.78, 5) is 37.1. The van der Waals surface area contributed by atoms with Gasteiger partial charge in [0.25, 0.3) is 0 Å². The van der Waals surface area contributed by atoms with Crippen molar-refractivity contribution in [3.05, 3.63) is 87.9 Å². The van der Waals surface area contributed by atoms with E-state index in [0.29, 0.717) is 17.3 Å². The number of fused-ring (bicyclic) bond motifs is 3. The normalized spacial score (nSPS) is 15.1. The second-order valence-corrected chi connectivity index (χ2v) is 9.31. The number of hydrogen-bond donors (Lipinski definition) is 3. The molecule has 0 atom stereocenters. The molecule has 3 aromatic carbocycles. The number of alkyl carbamates (subject to hydrolysis) is 1. The van der Waals surface area contributed by atoms with E-state index in [1.807, 2.05) is 36.4 Å². The first-order valence-corrected chi connectivity index (χ1v) is 11.7. The molecule has 0 aromatic heterocycles. The Morgan fingerprint density at radius 1 is 0.941 bits per heavy atom. The highest BCUT2D eigenvalue weighted by atomic mass is 79.9. The van der Waals surface area contributed by atoms with Crippen LogP contribution in [0.15, 0.2) is 71.2 Å². The van der Waals surface area contributed by atoms with E-state index in [1.54, 1.807) is 12.1 Å². The lowest BCUT2D eigenvalue weighted by molar-refractivity contribution is -0.119. The molecule has 1 saturated carbocycles. The van der Waals surface area contributed by atoms with Crippen LogP contribution in [0.25, 0.3) is 11.1 Å². The van der Waals surface area contributed by atoms with Crippen LogP contribution in [0, 0.1) is 0 Å².